The van der Waals surface area contributed by atoms with Crippen molar-refractivity contribution in [2.75, 3.05) is 31.2 Å². The van der Waals surface area contributed by atoms with Gasteiger partial charge in [0, 0.05) is 24.5 Å². The largest absolute Gasteiger partial charge is 0.466 e. The van der Waals surface area contributed by atoms with Gasteiger partial charge < -0.3 is 24.4 Å². The number of hydrogen-bond acceptors (Lipinski definition) is 6. The van der Waals surface area contributed by atoms with Crippen molar-refractivity contribution in [1.29, 1.82) is 0 Å². The Balaban J connectivity index is 1.76. The average Bonchev–Trinajstić information content (AvgIpc) is 3.44. The number of nitrogens with zero attached hydrogens (tertiary/aromatic N) is 2. The summed E-state index contributed by atoms with van der Waals surface area (Å²) in [6.45, 7) is 6.28. The standard InChI is InChI=1S/C26H32BrClN2O6/c1-3-12-29(18-11-7-6-10-17(18)28)24(33)22-26-15-16(27)21(36-26)19(25(34)35-4-2)20(26)23(32)30(22)13-8-5-9-14-31/h3,6-7,10-11,16,19-22,31H,1,4-5,8-9,12-15H2,2H3/t16?,19-,20+,21-,22-,26+/m1/s1. The highest BCUT2D eigenvalue weighted by molar-refractivity contribution is 9.09. The van der Waals surface area contributed by atoms with Crippen LogP contribution in [-0.4, -0.2) is 76.7 Å². The number of aliphatic hydroxyl groups excluding tert-OH is 1. The van der Waals surface area contributed by atoms with Crippen molar-refractivity contribution in [3.05, 3.63) is 41.9 Å². The molecule has 3 saturated heterocycles. The van der Waals surface area contributed by atoms with Gasteiger partial charge in [0.25, 0.3) is 5.91 Å². The number of anilines is 1. The molecule has 1 aromatic carbocycles. The molecule has 1 aromatic rings. The average molecular weight is 584 g/mol. The van der Waals surface area contributed by atoms with E-state index >= 15 is 0 Å². The van der Waals surface area contributed by atoms with Crippen molar-refractivity contribution in [3.8, 4) is 0 Å². The lowest BCUT2D eigenvalue weighted by Gasteiger charge is -2.37. The molecule has 2 bridgehead atoms. The first-order chi connectivity index (χ1) is 17.3. The Morgan fingerprint density at radius 1 is 1.36 bits per heavy atom. The third kappa shape index (κ3) is 4.48. The number of unbranched alkanes of at least 4 members (excludes halogenated alkanes) is 2. The van der Waals surface area contributed by atoms with E-state index in [0.29, 0.717) is 42.9 Å². The van der Waals surface area contributed by atoms with Crippen LogP contribution < -0.4 is 4.90 Å². The summed E-state index contributed by atoms with van der Waals surface area (Å²) in [6, 6.07) is 6.09. The monoisotopic (exact) mass is 582 g/mol. The predicted molar refractivity (Wildman–Crippen MR) is 139 cm³/mol. The molecule has 196 valence electrons. The summed E-state index contributed by atoms with van der Waals surface area (Å²) in [7, 11) is 0. The van der Waals surface area contributed by atoms with Crippen LogP contribution in [0, 0.1) is 11.8 Å². The highest BCUT2D eigenvalue weighted by Crippen LogP contribution is 2.60. The lowest BCUT2D eigenvalue weighted by Crippen LogP contribution is -2.57. The van der Waals surface area contributed by atoms with Gasteiger partial charge in [-0.15, -0.1) is 6.58 Å². The van der Waals surface area contributed by atoms with Crippen molar-refractivity contribution in [2.45, 2.75) is 55.2 Å². The van der Waals surface area contributed by atoms with Gasteiger partial charge in [-0.3, -0.25) is 14.4 Å². The molecular weight excluding hydrogens is 552 g/mol. The van der Waals surface area contributed by atoms with E-state index in [1.807, 2.05) is 0 Å². The van der Waals surface area contributed by atoms with Crippen LogP contribution in [0.5, 0.6) is 0 Å². The van der Waals surface area contributed by atoms with E-state index in [9.17, 15) is 19.5 Å². The maximum Gasteiger partial charge on any atom is 0.312 e. The molecule has 3 heterocycles. The van der Waals surface area contributed by atoms with Crippen LogP contribution in [0.25, 0.3) is 0 Å². The predicted octanol–water partition coefficient (Wildman–Crippen LogP) is 3.33. The number of carbonyl (C=O) groups is 3. The molecule has 3 fully saturated rings. The van der Waals surface area contributed by atoms with Crippen molar-refractivity contribution >= 4 is 51.0 Å². The number of aliphatic hydroxyl groups is 1. The highest BCUT2D eigenvalue weighted by Gasteiger charge is 2.77. The second-order valence-electron chi connectivity index (χ2n) is 9.42. The van der Waals surface area contributed by atoms with E-state index in [1.54, 1.807) is 42.2 Å². The number of alkyl halides is 1. The number of halogens is 2. The second kappa shape index (κ2) is 11.2. The molecule has 0 aliphatic carbocycles. The van der Waals surface area contributed by atoms with Crippen LogP contribution in [-0.2, 0) is 23.9 Å². The molecule has 1 N–H and O–H groups in total. The molecule has 4 rings (SSSR count). The number of amides is 2. The summed E-state index contributed by atoms with van der Waals surface area (Å²) < 4.78 is 11.8. The maximum atomic E-state index is 14.3. The summed E-state index contributed by atoms with van der Waals surface area (Å²) in [6.07, 6.45) is 3.38. The van der Waals surface area contributed by atoms with Crippen molar-refractivity contribution in [2.24, 2.45) is 11.8 Å². The first-order valence-electron chi connectivity index (χ1n) is 12.4. The first kappa shape index (κ1) is 27.1. The number of para-hydroxylation sites is 1. The molecular formula is C26H32BrClN2O6. The Bertz CT molecular complexity index is 1020. The van der Waals surface area contributed by atoms with E-state index in [0.717, 1.165) is 0 Å². The molecule has 0 radical (unpaired) electrons. The number of fused-ring (bicyclic) bond motifs is 1. The Labute approximate surface area is 224 Å². The number of benzene rings is 1. The van der Waals surface area contributed by atoms with Crippen LogP contribution >= 0.6 is 27.5 Å². The van der Waals surface area contributed by atoms with Crippen LogP contribution in [0.1, 0.15) is 32.6 Å². The van der Waals surface area contributed by atoms with Gasteiger partial charge in [0.05, 0.1) is 35.3 Å². The van der Waals surface area contributed by atoms with Crippen molar-refractivity contribution in [3.63, 3.8) is 0 Å². The topological polar surface area (TPSA) is 96.4 Å². The highest BCUT2D eigenvalue weighted by atomic mass is 79.9. The molecule has 36 heavy (non-hydrogen) atoms. The normalized spacial score (nSPS) is 30.4. The molecule has 1 unspecified atom stereocenters. The summed E-state index contributed by atoms with van der Waals surface area (Å²) >= 11 is 10.1. The van der Waals surface area contributed by atoms with E-state index in [2.05, 4.69) is 22.5 Å². The Kier molecular flexibility index (Phi) is 8.44. The third-order valence-corrected chi connectivity index (χ3v) is 8.52. The van der Waals surface area contributed by atoms with E-state index in [1.165, 1.54) is 4.90 Å². The van der Waals surface area contributed by atoms with Gasteiger partial charge in [-0.1, -0.05) is 45.7 Å². The SMILES string of the molecule is C=CCN(C(=O)[C@H]1N(CCCCCO)C(=O)[C@@H]2[C@@H](C(=O)OCC)[C@@H]3O[C@@]21CC3Br)c1ccccc1Cl. The lowest BCUT2D eigenvalue weighted by atomic mass is 9.70. The van der Waals surface area contributed by atoms with Gasteiger partial charge in [0.1, 0.15) is 11.6 Å². The summed E-state index contributed by atoms with van der Waals surface area (Å²) in [5.41, 5.74) is -0.649. The smallest absolute Gasteiger partial charge is 0.312 e. The van der Waals surface area contributed by atoms with E-state index < -0.39 is 35.6 Å². The maximum absolute atomic E-state index is 14.3. The molecule has 6 atom stereocenters. The fraction of sp³-hybridized carbons (Fsp3) is 0.577. The zero-order valence-corrected chi connectivity index (χ0v) is 22.6. The Morgan fingerprint density at radius 3 is 2.78 bits per heavy atom. The minimum Gasteiger partial charge on any atom is -0.466 e. The van der Waals surface area contributed by atoms with Gasteiger partial charge in [0.2, 0.25) is 5.91 Å². The molecule has 8 nitrogen and oxygen atoms in total. The molecule has 3 aliphatic heterocycles. The molecule has 0 aromatic heterocycles. The van der Waals surface area contributed by atoms with Crippen LogP contribution in [0.15, 0.2) is 36.9 Å². The minimum absolute atomic E-state index is 0.0590. The Morgan fingerprint density at radius 2 is 2.11 bits per heavy atom. The van der Waals surface area contributed by atoms with E-state index in [4.69, 9.17) is 21.1 Å². The van der Waals surface area contributed by atoms with Crippen molar-refractivity contribution in [1.82, 2.24) is 4.90 Å². The second-order valence-corrected chi connectivity index (χ2v) is 11.0. The summed E-state index contributed by atoms with van der Waals surface area (Å²) in [4.78, 5) is 44.2. The number of ether oxygens (including phenoxy) is 2. The summed E-state index contributed by atoms with van der Waals surface area (Å²) in [5, 5.41) is 9.59. The van der Waals surface area contributed by atoms with Gasteiger partial charge in [0.15, 0.2) is 0 Å². The zero-order valence-electron chi connectivity index (χ0n) is 20.3. The molecule has 1 spiro atoms. The third-order valence-electron chi connectivity index (χ3n) is 7.36. The van der Waals surface area contributed by atoms with Gasteiger partial charge in [-0.2, -0.15) is 0 Å². The molecule has 3 aliphatic rings. The van der Waals surface area contributed by atoms with Gasteiger partial charge >= 0.3 is 5.97 Å². The number of likely N-dealkylation sites (tertiary alicyclic amines) is 1. The number of esters is 1. The minimum atomic E-state index is -1.16. The van der Waals surface area contributed by atoms with Gasteiger partial charge in [-0.05, 0) is 44.7 Å². The number of rotatable bonds is 11. The molecule has 10 heteroatoms. The van der Waals surface area contributed by atoms with Crippen LogP contribution in [0.3, 0.4) is 0 Å². The molecule has 2 amide bonds. The lowest BCUT2D eigenvalue weighted by molar-refractivity contribution is -0.154. The van der Waals surface area contributed by atoms with E-state index in [-0.39, 0.29) is 36.4 Å². The van der Waals surface area contributed by atoms with Crippen molar-refractivity contribution < 1.29 is 29.0 Å². The number of carbonyl (C=O) groups excluding carboxylic acids is 3. The van der Waals surface area contributed by atoms with Gasteiger partial charge in [-0.25, -0.2) is 0 Å². The zero-order chi connectivity index (χ0) is 26.0. The first-order valence-corrected chi connectivity index (χ1v) is 13.7. The fourth-order valence-electron chi connectivity index (χ4n) is 5.98. The molecule has 0 saturated carbocycles. The summed E-state index contributed by atoms with van der Waals surface area (Å²) in [5.74, 6) is -2.67. The van der Waals surface area contributed by atoms with Crippen LogP contribution in [0.4, 0.5) is 5.69 Å². The quantitative estimate of drug-likeness (QED) is 0.186. The fourth-order valence-corrected chi connectivity index (χ4v) is 7.16. The number of hydrogen-bond donors (Lipinski definition) is 1. The van der Waals surface area contributed by atoms with Crippen LogP contribution in [0.2, 0.25) is 5.02 Å². The Hall–Kier alpha value is -1.94.